The summed E-state index contributed by atoms with van der Waals surface area (Å²) in [4.78, 5) is 14.1. The molecule has 0 atom stereocenters. The highest BCUT2D eigenvalue weighted by Crippen LogP contribution is 2.15. The van der Waals surface area contributed by atoms with Crippen molar-refractivity contribution in [1.82, 2.24) is 9.71 Å². The summed E-state index contributed by atoms with van der Waals surface area (Å²) in [6, 6.07) is 9.45. The number of carbonyl (C=O) groups is 1. The molecule has 2 rings (SSSR count). The zero-order chi connectivity index (χ0) is 17.6. The molecule has 0 amide bonds. The molecule has 0 saturated heterocycles. The van der Waals surface area contributed by atoms with E-state index in [2.05, 4.69) is 9.71 Å². The Morgan fingerprint density at radius 1 is 1.33 bits per heavy atom. The first-order valence-corrected chi connectivity index (χ1v) is 8.17. The summed E-state index contributed by atoms with van der Waals surface area (Å²) in [6.45, 7) is -0.509. The Kier molecular flexibility index (Phi) is 5.47. The second kappa shape index (κ2) is 7.54. The van der Waals surface area contributed by atoms with Crippen molar-refractivity contribution in [2.45, 2.75) is 11.4 Å². The first-order valence-electron chi connectivity index (χ1n) is 6.69. The predicted molar refractivity (Wildman–Crippen MR) is 82.6 cm³/mol. The Hall–Kier alpha value is -2.96. The van der Waals surface area contributed by atoms with E-state index in [9.17, 15) is 13.2 Å². The normalized spacial score (nSPS) is 10.8. The van der Waals surface area contributed by atoms with Gasteiger partial charge in [0.2, 0.25) is 10.0 Å². The third-order valence-corrected chi connectivity index (χ3v) is 4.25. The molecule has 0 saturated carbocycles. The summed E-state index contributed by atoms with van der Waals surface area (Å²) in [7, 11) is -3.83. The molecule has 1 aromatic heterocycles. The van der Waals surface area contributed by atoms with Gasteiger partial charge in [0.15, 0.2) is 6.61 Å². The molecule has 24 heavy (non-hydrogen) atoms. The van der Waals surface area contributed by atoms with Gasteiger partial charge in [-0.3, -0.25) is 4.98 Å². The standard InChI is InChI=1S/C15H13N3O5S/c16-6-12-5-14(9-17-7-12)24(21,22)18-8-11-2-1-3-13(4-11)23-10-15(19)20/h1-5,7,9,18H,8,10H2,(H,19,20). The Bertz CT molecular complexity index is 890. The summed E-state index contributed by atoms with van der Waals surface area (Å²) in [5.74, 6) is -0.784. The average Bonchev–Trinajstić information content (AvgIpc) is 2.59. The molecule has 1 aromatic carbocycles. The largest absolute Gasteiger partial charge is 0.482 e. The van der Waals surface area contributed by atoms with Gasteiger partial charge in [0.1, 0.15) is 16.7 Å². The van der Waals surface area contributed by atoms with Gasteiger partial charge in [-0.2, -0.15) is 5.26 Å². The van der Waals surface area contributed by atoms with E-state index < -0.39 is 22.6 Å². The van der Waals surface area contributed by atoms with Crippen LogP contribution >= 0.6 is 0 Å². The van der Waals surface area contributed by atoms with E-state index in [-0.39, 0.29) is 17.0 Å². The van der Waals surface area contributed by atoms with Gasteiger partial charge >= 0.3 is 5.97 Å². The molecule has 0 fully saturated rings. The van der Waals surface area contributed by atoms with Crippen LogP contribution in [0.5, 0.6) is 5.75 Å². The van der Waals surface area contributed by atoms with Crippen molar-refractivity contribution >= 4 is 16.0 Å². The maximum absolute atomic E-state index is 12.2. The van der Waals surface area contributed by atoms with Gasteiger partial charge in [-0.05, 0) is 23.8 Å². The highest BCUT2D eigenvalue weighted by Gasteiger charge is 2.15. The number of nitrogens with zero attached hydrogens (tertiary/aromatic N) is 2. The molecule has 0 bridgehead atoms. The van der Waals surface area contributed by atoms with Gasteiger partial charge in [0.05, 0.1) is 5.56 Å². The Morgan fingerprint density at radius 3 is 2.83 bits per heavy atom. The van der Waals surface area contributed by atoms with Gasteiger partial charge in [-0.25, -0.2) is 17.9 Å². The monoisotopic (exact) mass is 347 g/mol. The number of ether oxygens (including phenoxy) is 1. The van der Waals surface area contributed by atoms with Crippen LogP contribution < -0.4 is 9.46 Å². The van der Waals surface area contributed by atoms with Crippen LogP contribution in [0.15, 0.2) is 47.6 Å². The predicted octanol–water partition coefficient (Wildman–Crippen LogP) is 0.895. The SMILES string of the molecule is N#Cc1cncc(S(=O)(=O)NCc2cccc(OCC(=O)O)c2)c1. The first kappa shape index (κ1) is 17.4. The zero-order valence-corrected chi connectivity index (χ0v) is 13.2. The van der Waals surface area contributed by atoms with Gasteiger partial charge < -0.3 is 9.84 Å². The van der Waals surface area contributed by atoms with Gasteiger partial charge in [0, 0.05) is 18.9 Å². The van der Waals surface area contributed by atoms with E-state index in [4.69, 9.17) is 15.1 Å². The smallest absolute Gasteiger partial charge is 0.341 e. The number of hydrogen-bond acceptors (Lipinski definition) is 6. The minimum Gasteiger partial charge on any atom is -0.482 e. The minimum absolute atomic E-state index is 0.0244. The number of nitriles is 1. The maximum Gasteiger partial charge on any atom is 0.341 e. The van der Waals surface area contributed by atoms with E-state index >= 15 is 0 Å². The molecule has 8 nitrogen and oxygen atoms in total. The fourth-order valence-electron chi connectivity index (χ4n) is 1.78. The van der Waals surface area contributed by atoms with E-state index in [1.807, 2.05) is 6.07 Å². The molecule has 0 radical (unpaired) electrons. The molecular formula is C15H13N3O5S. The molecule has 0 aliphatic heterocycles. The van der Waals surface area contributed by atoms with Crippen LogP contribution in [0.1, 0.15) is 11.1 Å². The van der Waals surface area contributed by atoms with E-state index in [1.54, 1.807) is 18.2 Å². The molecule has 0 aliphatic rings. The molecule has 0 aliphatic carbocycles. The van der Waals surface area contributed by atoms with Crippen molar-refractivity contribution in [3.8, 4) is 11.8 Å². The lowest BCUT2D eigenvalue weighted by Gasteiger charge is -2.08. The maximum atomic E-state index is 12.2. The summed E-state index contributed by atoms with van der Waals surface area (Å²) in [5, 5.41) is 17.4. The molecule has 2 N–H and O–H groups in total. The third-order valence-electron chi connectivity index (χ3n) is 2.88. The van der Waals surface area contributed by atoms with Crippen LogP contribution in [0.4, 0.5) is 0 Å². The molecular weight excluding hydrogens is 334 g/mol. The van der Waals surface area contributed by atoms with Crippen molar-refractivity contribution in [3.63, 3.8) is 0 Å². The van der Waals surface area contributed by atoms with Gasteiger partial charge in [-0.15, -0.1) is 0 Å². The fraction of sp³-hybridized carbons (Fsp3) is 0.133. The number of hydrogen-bond donors (Lipinski definition) is 2. The van der Waals surface area contributed by atoms with Crippen LogP contribution in [0.2, 0.25) is 0 Å². The number of aromatic nitrogens is 1. The van der Waals surface area contributed by atoms with Crippen LogP contribution in [0.25, 0.3) is 0 Å². The van der Waals surface area contributed by atoms with Crippen LogP contribution in [-0.2, 0) is 21.4 Å². The van der Waals surface area contributed by atoms with Gasteiger partial charge in [0.25, 0.3) is 0 Å². The van der Waals surface area contributed by atoms with E-state index in [1.165, 1.54) is 18.3 Å². The van der Waals surface area contributed by atoms with Crippen molar-refractivity contribution in [1.29, 1.82) is 5.26 Å². The molecule has 9 heteroatoms. The van der Waals surface area contributed by atoms with Crippen molar-refractivity contribution in [3.05, 3.63) is 53.9 Å². The number of rotatable bonds is 7. The lowest BCUT2D eigenvalue weighted by molar-refractivity contribution is -0.139. The molecule has 0 spiro atoms. The van der Waals surface area contributed by atoms with Crippen molar-refractivity contribution < 1.29 is 23.1 Å². The lowest BCUT2D eigenvalue weighted by atomic mass is 10.2. The minimum atomic E-state index is -3.83. The summed E-state index contributed by atoms with van der Waals surface area (Å²) >= 11 is 0. The number of carboxylic acid groups (broad SMARTS) is 1. The highest BCUT2D eigenvalue weighted by molar-refractivity contribution is 7.89. The number of nitrogens with one attached hydrogen (secondary N) is 1. The van der Waals surface area contributed by atoms with Gasteiger partial charge in [-0.1, -0.05) is 12.1 Å². The number of aliphatic carboxylic acids is 1. The van der Waals surface area contributed by atoms with Crippen molar-refractivity contribution in [2.24, 2.45) is 0 Å². The first-order chi connectivity index (χ1) is 11.4. The lowest BCUT2D eigenvalue weighted by Crippen LogP contribution is -2.23. The van der Waals surface area contributed by atoms with Crippen LogP contribution in [0.3, 0.4) is 0 Å². The molecule has 0 unspecified atom stereocenters. The summed E-state index contributed by atoms with van der Waals surface area (Å²) in [5.41, 5.74) is 0.729. The zero-order valence-electron chi connectivity index (χ0n) is 12.3. The van der Waals surface area contributed by atoms with Crippen molar-refractivity contribution in [2.75, 3.05) is 6.61 Å². The molecule has 124 valence electrons. The second-order valence-electron chi connectivity index (χ2n) is 4.68. The Balaban J connectivity index is 2.08. The third kappa shape index (κ3) is 4.77. The fourth-order valence-corrected chi connectivity index (χ4v) is 2.78. The van der Waals surface area contributed by atoms with Crippen LogP contribution in [0, 0.1) is 11.3 Å². The second-order valence-corrected chi connectivity index (χ2v) is 6.44. The number of benzene rings is 1. The van der Waals surface area contributed by atoms with E-state index in [0.717, 1.165) is 6.20 Å². The topological polar surface area (TPSA) is 129 Å². The van der Waals surface area contributed by atoms with Crippen LogP contribution in [-0.4, -0.2) is 31.1 Å². The Labute approximate surface area is 138 Å². The summed E-state index contributed by atoms with van der Waals surface area (Å²) in [6.07, 6.45) is 2.41. The summed E-state index contributed by atoms with van der Waals surface area (Å²) < 4.78 is 31.8. The quantitative estimate of drug-likeness (QED) is 0.761. The molecule has 2 aromatic rings. The molecule has 1 heterocycles. The number of sulfonamides is 1. The number of carboxylic acids is 1. The average molecular weight is 347 g/mol. The highest BCUT2D eigenvalue weighted by atomic mass is 32.2. The Morgan fingerprint density at radius 2 is 2.12 bits per heavy atom. The number of pyridine rings is 1. The van der Waals surface area contributed by atoms with E-state index in [0.29, 0.717) is 11.3 Å².